The summed E-state index contributed by atoms with van der Waals surface area (Å²) in [4.78, 5) is 5.32. The van der Waals surface area contributed by atoms with Gasteiger partial charge in [0.1, 0.15) is 0 Å². The van der Waals surface area contributed by atoms with Crippen LogP contribution < -0.4 is 5.32 Å². The van der Waals surface area contributed by atoms with E-state index >= 15 is 0 Å². The molecule has 2 rings (SSSR count). The van der Waals surface area contributed by atoms with E-state index in [0.29, 0.717) is 11.5 Å². The molecule has 3 nitrogen and oxygen atoms in total. The van der Waals surface area contributed by atoms with Crippen LogP contribution >= 0.6 is 0 Å². The average molecular weight is 296 g/mol. The first-order valence-electron chi connectivity index (χ1n) is 9.17. The molecule has 0 aromatic rings. The standard InChI is InChI=1S/C18H37N3/c1-6-12-19-17-16(8-11-18(17,3)4)20(5)15-9-13-21(7-2)14-10-15/h15-17,19H,6-14H2,1-5H3. The molecule has 0 bridgehead atoms. The van der Waals surface area contributed by atoms with E-state index in [0.717, 1.165) is 18.6 Å². The van der Waals surface area contributed by atoms with Crippen LogP contribution in [0.1, 0.15) is 59.8 Å². The molecular formula is C18H37N3. The van der Waals surface area contributed by atoms with Gasteiger partial charge in [-0.1, -0.05) is 27.7 Å². The Kier molecular flexibility index (Phi) is 6.10. The Morgan fingerprint density at radius 2 is 1.81 bits per heavy atom. The Bertz CT molecular complexity index is 308. The highest BCUT2D eigenvalue weighted by Gasteiger charge is 2.44. The van der Waals surface area contributed by atoms with Crippen molar-refractivity contribution in [1.82, 2.24) is 15.1 Å². The molecule has 1 heterocycles. The number of hydrogen-bond donors (Lipinski definition) is 1. The maximum absolute atomic E-state index is 3.86. The first-order valence-corrected chi connectivity index (χ1v) is 9.17. The number of nitrogens with one attached hydrogen (secondary N) is 1. The van der Waals surface area contributed by atoms with Crippen LogP contribution in [0.4, 0.5) is 0 Å². The molecule has 2 fully saturated rings. The van der Waals surface area contributed by atoms with E-state index in [-0.39, 0.29) is 0 Å². The van der Waals surface area contributed by atoms with Crippen molar-refractivity contribution in [3.05, 3.63) is 0 Å². The molecule has 1 saturated carbocycles. The Hall–Kier alpha value is -0.120. The second kappa shape index (κ2) is 7.43. The predicted molar refractivity (Wildman–Crippen MR) is 91.8 cm³/mol. The average Bonchev–Trinajstić information content (AvgIpc) is 2.79. The number of rotatable bonds is 6. The second-order valence-corrected chi connectivity index (χ2v) is 7.86. The lowest BCUT2D eigenvalue weighted by molar-refractivity contribution is 0.0792. The first kappa shape index (κ1) is 17.2. The molecule has 1 aliphatic heterocycles. The third-order valence-corrected chi connectivity index (χ3v) is 6.03. The third kappa shape index (κ3) is 4.00. The van der Waals surface area contributed by atoms with Crippen molar-refractivity contribution in [1.29, 1.82) is 0 Å². The van der Waals surface area contributed by atoms with Crippen LogP contribution in [-0.4, -0.2) is 61.2 Å². The highest BCUT2D eigenvalue weighted by atomic mass is 15.2. The summed E-state index contributed by atoms with van der Waals surface area (Å²) in [6.45, 7) is 14.4. The quantitative estimate of drug-likeness (QED) is 0.813. The van der Waals surface area contributed by atoms with Gasteiger partial charge in [-0.25, -0.2) is 0 Å². The van der Waals surface area contributed by atoms with Gasteiger partial charge in [-0.3, -0.25) is 4.90 Å². The van der Waals surface area contributed by atoms with E-state index in [1.54, 1.807) is 0 Å². The SMILES string of the molecule is CCCNC1C(N(C)C2CCN(CC)CC2)CCC1(C)C. The maximum atomic E-state index is 3.86. The van der Waals surface area contributed by atoms with Gasteiger partial charge >= 0.3 is 0 Å². The lowest BCUT2D eigenvalue weighted by Gasteiger charge is -2.43. The number of likely N-dealkylation sites (tertiary alicyclic amines) is 1. The van der Waals surface area contributed by atoms with Crippen molar-refractivity contribution in [3.8, 4) is 0 Å². The zero-order valence-corrected chi connectivity index (χ0v) is 15.0. The second-order valence-electron chi connectivity index (χ2n) is 7.86. The first-order chi connectivity index (χ1) is 9.99. The molecule has 0 aromatic heterocycles. The van der Waals surface area contributed by atoms with E-state index in [1.807, 2.05) is 0 Å². The molecule has 0 radical (unpaired) electrons. The van der Waals surface area contributed by atoms with E-state index in [9.17, 15) is 0 Å². The van der Waals surface area contributed by atoms with Crippen LogP contribution in [0.25, 0.3) is 0 Å². The molecule has 2 aliphatic rings. The van der Waals surface area contributed by atoms with Crippen molar-refractivity contribution < 1.29 is 0 Å². The molecule has 3 heteroatoms. The molecule has 1 saturated heterocycles. The molecule has 21 heavy (non-hydrogen) atoms. The third-order valence-electron chi connectivity index (χ3n) is 6.03. The van der Waals surface area contributed by atoms with Crippen molar-refractivity contribution in [3.63, 3.8) is 0 Å². The van der Waals surface area contributed by atoms with E-state index in [4.69, 9.17) is 0 Å². The fourth-order valence-corrected chi connectivity index (χ4v) is 4.43. The van der Waals surface area contributed by atoms with Crippen LogP contribution in [0, 0.1) is 5.41 Å². The summed E-state index contributed by atoms with van der Waals surface area (Å²) in [5.41, 5.74) is 0.443. The molecule has 1 N–H and O–H groups in total. The van der Waals surface area contributed by atoms with Gasteiger partial charge in [-0.05, 0) is 70.7 Å². The maximum Gasteiger partial charge on any atom is 0.0274 e. The minimum Gasteiger partial charge on any atom is -0.312 e. The van der Waals surface area contributed by atoms with Crippen LogP contribution in [-0.2, 0) is 0 Å². The summed E-state index contributed by atoms with van der Waals surface area (Å²) in [5.74, 6) is 0. The zero-order chi connectivity index (χ0) is 15.5. The highest BCUT2D eigenvalue weighted by molar-refractivity contribution is 5.01. The van der Waals surface area contributed by atoms with Crippen molar-refractivity contribution in [2.24, 2.45) is 5.41 Å². The predicted octanol–water partition coefficient (Wildman–Crippen LogP) is 2.96. The Morgan fingerprint density at radius 1 is 1.14 bits per heavy atom. The molecule has 2 atom stereocenters. The summed E-state index contributed by atoms with van der Waals surface area (Å²) < 4.78 is 0. The molecule has 124 valence electrons. The topological polar surface area (TPSA) is 18.5 Å². The normalized spacial score (nSPS) is 31.1. The number of likely N-dealkylation sites (N-methyl/N-ethyl adjacent to an activating group) is 1. The van der Waals surface area contributed by atoms with Gasteiger partial charge < -0.3 is 10.2 Å². The van der Waals surface area contributed by atoms with Crippen molar-refractivity contribution in [2.45, 2.75) is 77.9 Å². The van der Waals surface area contributed by atoms with Gasteiger partial charge in [0, 0.05) is 18.1 Å². The fourth-order valence-electron chi connectivity index (χ4n) is 4.43. The monoisotopic (exact) mass is 295 g/mol. The zero-order valence-electron chi connectivity index (χ0n) is 15.0. The minimum absolute atomic E-state index is 0.443. The summed E-state index contributed by atoms with van der Waals surface area (Å²) in [7, 11) is 2.39. The van der Waals surface area contributed by atoms with Gasteiger partial charge in [0.2, 0.25) is 0 Å². The van der Waals surface area contributed by atoms with Gasteiger partial charge in [0.15, 0.2) is 0 Å². The molecule has 2 unspecified atom stereocenters. The number of nitrogens with zero attached hydrogens (tertiary/aromatic N) is 2. The molecule has 1 aliphatic carbocycles. The van der Waals surface area contributed by atoms with Gasteiger partial charge in [0.25, 0.3) is 0 Å². The van der Waals surface area contributed by atoms with Crippen LogP contribution in [0.3, 0.4) is 0 Å². The fraction of sp³-hybridized carbons (Fsp3) is 1.00. The molecule has 0 amide bonds. The lowest BCUT2D eigenvalue weighted by Crippen LogP contribution is -2.55. The molecular weight excluding hydrogens is 258 g/mol. The molecule has 0 spiro atoms. The van der Waals surface area contributed by atoms with Gasteiger partial charge in [-0.15, -0.1) is 0 Å². The summed E-state index contributed by atoms with van der Waals surface area (Å²) in [5, 5.41) is 3.86. The van der Waals surface area contributed by atoms with Crippen LogP contribution in [0.15, 0.2) is 0 Å². The number of piperidine rings is 1. The smallest absolute Gasteiger partial charge is 0.0274 e. The Labute approximate surface area is 132 Å². The largest absolute Gasteiger partial charge is 0.312 e. The van der Waals surface area contributed by atoms with Crippen molar-refractivity contribution >= 4 is 0 Å². The highest BCUT2D eigenvalue weighted by Crippen LogP contribution is 2.40. The van der Waals surface area contributed by atoms with Crippen LogP contribution in [0.5, 0.6) is 0 Å². The minimum atomic E-state index is 0.443. The Balaban J connectivity index is 1.95. The summed E-state index contributed by atoms with van der Waals surface area (Å²) >= 11 is 0. The van der Waals surface area contributed by atoms with E-state index in [2.05, 4.69) is 49.9 Å². The van der Waals surface area contributed by atoms with Crippen molar-refractivity contribution in [2.75, 3.05) is 33.2 Å². The van der Waals surface area contributed by atoms with Gasteiger partial charge in [-0.2, -0.15) is 0 Å². The molecule has 0 aromatic carbocycles. The Morgan fingerprint density at radius 3 is 2.38 bits per heavy atom. The van der Waals surface area contributed by atoms with Gasteiger partial charge in [0.05, 0.1) is 0 Å². The van der Waals surface area contributed by atoms with E-state index < -0.39 is 0 Å². The van der Waals surface area contributed by atoms with Crippen LogP contribution in [0.2, 0.25) is 0 Å². The number of hydrogen-bond acceptors (Lipinski definition) is 3. The summed E-state index contributed by atoms with van der Waals surface area (Å²) in [6.07, 6.45) is 6.65. The van der Waals surface area contributed by atoms with E-state index in [1.165, 1.54) is 51.7 Å². The summed E-state index contributed by atoms with van der Waals surface area (Å²) in [6, 6.07) is 2.18. The lowest BCUT2D eigenvalue weighted by atomic mass is 9.85.